The molecule has 1 aliphatic heterocycles. The molecule has 0 radical (unpaired) electrons. The molecule has 1 fully saturated rings. The molecular formula is C22H45GeNO8. The Morgan fingerprint density at radius 1 is 0.719 bits per heavy atom. The van der Waals surface area contributed by atoms with Gasteiger partial charge in [0, 0.05) is 0 Å². The first-order valence-electron chi connectivity index (χ1n) is 11.8. The number of nitrogens with zero attached hydrogens (tertiary/aromatic N) is 1. The van der Waals surface area contributed by atoms with E-state index < -0.39 is 13.3 Å². The average Bonchev–Trinajstić information content (AvgIpc) is 2.75. The minimum atomic E-state index is -1.68. The SMILES string of the molecule is [CH3][Ge]([CH3])([CH3])[CH2]CC(=O)OCCOCCN1CCOCCOCCOCCOCCOCC1. The molecule has 0 aromatic carbocycles. The fourth-order valence-electron chi connectivity index (χ4n) is 2.76. The first-order chi connectivity index (χ1) is 15.5. The molecule has 0 atom stereocenters. The van der Waals surface area contributed by atoms with Gasteiger partial charge in [-0.3, -0.25) is 0 Å². The Bertz CT molecular complexity index is 432. The third-order valence-corrected chi connectivity index (χ3v) is 8.39. The van der Waals surface area contributed by atoms with Crippen LogP contribution in [0.1, 0.15) is 6.42 Å². The van der Waals surface area contributed by atoms with Crippen molar-refractivity contribution in [2.45, 2.75) is 28.9 Å². The van der Waals surface area contributed by atoms with Crippen LogP contribution in [0.2, 0.25) is 22.5 Å². The molecule has 1 rings (SSSR count). The van der Waals surface area contributed by atoms with Gasteiger partial charge < -0.3 is 23.7 Å². The van der Waals surface area contributed by atoms with Crippen molar-refractivity contribution in [1.29, 1.82) is 0 Å². The van der Waals surface area contributed by atoms with Crippen LogP contribution in [-0.2, 0) is 38.0 Å². The van der Waals surface area contributed by atoms with Crippen molar-refractivity contribution in [2.75, 3.05) is 106 Å². The van der Waals surface area contributed by atoms with Crippen LogP contribution in [0.15, 0.2) is 0 Å². The molecule has 0 bridgehead atoms. The Kier molecular flexibility index (Phi) is 18.7. The number of rotatable bonds is 9. The second-order valence-electron chi connectivity index (χ2n) is 8.80. The third kappa shape index (κ3) is 20.3. The van der Waals surface area contributed by atoms with Crippen LogP contribution in [0.3, 0.4) is 0 Å². The summed E-state index contributed by atoms with van der Waals surface area (Å²) < 4.78 is 38.6. The fourth-order valence-corrected chi connectivity index (χ4v) is 4.77. The predicted molar refractivity (Wildman–Crippen MR) is 125 cm³/mol. The average molecular weight is 524 g/mol. The van der Waals surface area contributed by atoms with E-state index in [0.717, 1.165) is 24.9 Å². The fraction of sp³-hybridized carbons (Fsp3) is 0.955. The van der Waals surface area contributed by atoms with Gasteiger partial charge in [0.05, 0.1) is 52.9 Å². The molecule has 10 heteroatoms. The van der Waals surface area contributed by atoms with Crippen molar-refractivity contribution in [2.24, 2.45) is 0 Å². The second kappa shape index (κ2) is 20.1. The number of carbonyl (C=O) groups is 1. The van der Waals surface area contributed by atoms with E-state index in [4.69, 9.17) is 33.2 Å². The topological polar surface area (TPSA) is 84.9 Å². The molecule has 0 aromatic rings. The van der Waals surface area contributed by atoms with Crippen molar-refractivity contribution in [3.05, 3.63) is 0 Å². The van der Waals surface area contributed by atoms with E-state index in [9.17, 15) is 4.79 Å². The summed E-state index contributed by atoms with van der Waals surface area (Å²) in [6.07, 6.45) is 0.529. The van der Waals surface area contributed by atoms with Crippen LogP contribution in [0.25, 0.3) is 0 Å². The van der Waals surface area contributed by atoms with Gasteiger partial charge in [0.1, 0.15) is 0 Å². The first-order valence-corrected chi connectivity index (χ1v) is 19.6. The summed E-state index contributed by atoms with van der Waals surface area (Å²) in [5, 5.41) is 1.01. The number of ether oxygens (including phenoxy) is 7. The van der Waals surface area contributed by atoms with Gasteiger partial charge in [-0.15, -0.1) is 0 Å². The number of carbonyl (C=O) groups excluding carboxylic acids is 1. The number of hydrogen-bond acceptors (Lipinski definition) is 9. The van der Waals surface area contributed by atoms with Crippen molar-refractivity contribution in [1.82, 2.24) is 4.90 Å². The molecule has 0 aliphatic carbocycles. The maximum absolute atomic E-state index is 11.8. The quantitative estimate of drug-likeness (QED) is 0.254. The zero-order valence-corrected chi connectivity index (χ0v) is 22.5. The van der Waals surface area contributed by atoms with Gasteiger partial charge in [-0.05, 0) is 0 Å². The van der Waals surface area contributed by atoms with Crippen molar-refractivity contribution in [3.8, 4) is 0 Å². The van der Waals surface area contributed by atoms with Crippen molar-refractivity contribution >= 4 is 19.2 Å². The zero-order valence-electron chi connectivity index (χ0n) is 20.4. The summed E-state index contributed by atoms with van der Waals surface area (Å²) in [6.45, 7) is 9.39. The van der Waals surface area contributed by atoms with E-state index in [1.54, 1.807) is 0 Å². The summed E-state index contributed by atoms with van der Waals surface area (Å²) in [7, 11) is 0. The normalized spacial score (nSPS) is 19.7. The van der Waals surface area contributed by atoms with Gasteiger partial charge in [0.25, 0.3) is 0 Å². The molecule has 32 heavy (non-hydrogen) atoms. The summed E-state index contributed by atoms with van der Waals surface area (Å²) in [6, 6.07) is 0. The second-order valence-corrected chi connectivity index (χ2v) is 20.6. The van der Waals surface area contributed by atoms with Gasteiger partial charge in [-0.25, -0.2) is 0 Å². The van der Waals surface area contributed by atoms with Gasteiger partial charge >= 0.3 is 120 Å². The van der Waals surface area contributed by atoms with E-state index in [2.05, 4.69) is 22.2 Å². The Labute approximate surface area is 196 Å². The molecule has 190 valence electrons. The molecular weight excluding hydrogens is 479 g/mol. The van der Waals surface area contributed by atoms with E-state index in [-0.39, 0.29) is 5.97 Å². The van der Waals surface area contributed by atoms with Crippen LogP contribution >= 0.6 is 0 Å². The van der Waals surface area contributed by atoms with Crippen molar-refractivity contribution < 1.29 is 38.0 Å². The number of hydrogen-bond donors (Lipinski definition) is 0. The van der Waals surface area contributed by atoms with Gasteiger partial charge in [0.2, 0.25) is 0 Å². The van der Waals surface area contributed by atoms with Crippen LogP contribution in [0, 0.1) is 0 Å². The third-order valence-electron chi connectivity index (χ3n) is 4.71. The minimum absolute atomic E-state index is 0.114. The summed E-state index contributed by atoms with van der Waals surface area (Å²) in [4.78, 5) is 14.0. The molecule has 0 unspecified atom stereocenters. The van der Waals surface area contributed by atoms with E-state index in [1.165, 1.54) is 0 Å². The van der Waals surface area contributed by atoms with E-state index >= 15 is 0 Å². The van der Waals surface area contributed by atoms with Gasteiger partial charge in [0.15, 0.2) is 0 Å². The maximum atomic E-state index is 11.8. The predicted octanol–water partition coefficient (Wildman–Crippen LogP) is 1.67. The summed E-state index contributed by atoms with van der Waals surface area (Å²) in [5.74, 6) is 6.79. The summed E-state index contributed by atoms with van der Waals surface area (Å²) >= 11 is -1.68. The number of esters is 1. The molecule has 1 saturated heterocycles. The molecule has 0 saturated carbocycles. The van der Waals surface area contributed by atoms with Crippen LogP contribution in [-0.4, -0.2) is 130 Å². The molecule has 0 spiro atoms. The Morgan fingerprint density at radius 3 is 1.66 bits per heavy atom. The van der Waals surface area contributed by atoms with Crippen LogP contribution in [0.4, 0.5) is 0 Å². The molecule has 1 aliphatic rings. The monoisotopic (exact) mass is 525 g/mol. The van der Waals surface area contributed by atoms with E-state index in [0.29, 0.717) is 92.3 Å². The molecule has 0 N–H and O–H groups in total. The first kappa shape index (κ1) is 29.8. The molecule has 9 nitrogen and oxygen atoms in total. The van der Waals surface area contributed by atoms with Crippen molar-refractivity contribution in [3.63, 3.8) is 0 Å². The Morgan fingerprint density at radius 2 is 1.19 bits per heavy atom. The summed E-state index contributed by atoms with van der Waals surface area (Å²) in [5.41, 5.74) is 0. The zero-order chi connectivity index (χ0) is 23.3. The Hall–Kier alpha value is -0.267. The standard InChI is InChI=1S/C22H45GeNO8/c1-23(2,3)5-4-22(25)32-21-20-28-11-8-24-6-9-26-12-14-29-16-18-31-19-17-30-15-13-27-10-7-24/h4-21H2,1-3H3. The molecule has 1 heterocycles. The Balaban J connectivity index is 2.17. The van der Waals surface area contributed by atoms with E-state index in [1.807, 2.05) is 0 Å². The molecule has 0 aromatic heterocycles. The van der Waals surface area contributed by atoms with Gasteiger partial charge in [-0.2, -0.15) is 0 Å². The molecule has 0 amide bonds. The van der Waals surface area contributed by atoms with Crippen LogP contribution < -0.4 is 0 Å². The van der Waals surface area contributed by atoms with Crippen LogP contribution in [0.5, 0.6) is 0 Å². The van der Waals surface area contributed by atoms with Gasteiger partial charge in [-0.1, -0.05) is 0 Å².